The minimum Gasteiger partial charge on any atom is -0.362 e. The smallest absolute Gasteiger partial charge is 0.260 e. The Kier molecular flexibility index (Phi) is 3.72. The van der Waals surface area contributed by atoms with Gasteiger partial charge in [0.15, 0.2) is 5.16 Å². The molecule has 0 radical (unpaired) electrons. The summed E-state index contributed by atoms with van der Waals surface area (Å²) in [7, 11) is 3.75. The SMILES string of the molecule is CSc1nc(N(C)C)cc(=O)n1-c1ccccc1. The van der Waals surface area contributed by atoms with Gasteiger partial charge in [0.2, 0.25) is 0 Å². The number of para-hydroxylation sites is 1. The van der Waals surface area contributed by atoms with Crippen molar-refractivity contribution in [3.05, 3.63) is 46.8 Å². The summed E-state index contributed by atoms with van der Waals surface area (Å²) in [6.45, 7) is 0. The van der Waals surface area contributed by atoms with Gasteiger partial charge in [-0.15, -0.1) is 0 Å². The van der Waals surface area contributed by atoms with Crippen molar-refractivity contribution in [2.45, 2.75) is 5.16 Å². The molecule has 18 heavy (non-hydrogen) atoms. The predicted octanol–water partition coefficient (Wildman–Crippen LogP) is 2.02. The number of aromatic nitrogens is 2. The third kappa shape index (κ3) is 2.41. The second kappa shape index (κ2) is 5.27. The fourth-order valence-corrected chi connectivity index (χ4v) is 2.19. The number of hydrogen-bond donors (Lipinski definition) is 0. The first-order valence-electron chi connectivity index (χ1n) is 5.54. The Morgan fingerprint density at radius 2 is 1.89 bits per heavy atom. The van der Waals surface area contributed by atoms with Crippen LogP contribution >= 0.6 is 11.8 Å². The van der Waals surface area contributed by atoms with Crippen molar-refractivity contribution < 1.29 is 0 Å². The van der Waals surface area contributed by atoms with Gasteiger partial charge in [-0.3, -0.25) is 9.36 Å². The lowest BCUT2D eigenvalue weighted by atomic mass is 10.3. The van der Waals surface area contributed by atoms with Crippen molar-refractivity contribution in [2.24, 2.45) is 0 Å². The molecule has 0 aliphatic carbocycles. The zero-order valence-corrected chi connectivity index (χ0v) is 11.4. The van der Waals surface area contributed by atoms with Crippen LogP contribution in [0, 0.1) is 0 Å². The number of thioether (sulfide) groups is 1. The average Bonchev–Trinajstić information content (AvgIpc) is 2.38. The Bertz CT molecular complexity index is 593. The van der Waals surface area contributed by atoms with Crippen LogP contribution in [0.25, 0.3) is 5.69 Å². The van der Waals surface area contributed by atoms with Crippen LogP contribution in [0.5, 0.6) is 0 Å². The first kappa shape index (κ1) is 12.7. The largest absolute Gasteiger partial charge is 0.362 e. The van der Waals surface area contributed by atoms with E-state index in [1.165, 1.54) is 11.8 Å². The summed E-state index contributed by atoms with van der Waals surface area (Å²) in [6.07, 6.45) is 1.92. The van der Waals surface area contributed by atoms with E-state index in [0.29, 0.717) is 11.0 Å². The molecule has 1 aromatic carbocycles. The van der Waals surface area contributed by atoms with E-state index in [9.17, 15) is 4.79 Å². The minimum atomic E-state index is -0.0655. The van der Waals surface area contributed by atoms with Crippen molar-refractivity contribution in [3.8, 4) is 5.69 Å². The molecule has 0 aliphatic rings. The van der Waals surface area contributed by atoms with E-state index in [1.54, 1.807) is 10.6 Å². The molecule has 94 valence electrons. The summed E-state index contributed by atoms with van der Waals surface area (Å²) in [6, 6.07) is 11.1. The van der Waals surface area contributed by atoms with Gasteiger partial charge in [-0.25, -0.2) is 4.98 Å². The average molecular weight is 261 g/mol. The summed E-state index contributed by atoms with van der Waals surface area (Å²) in [5.41, 5.74) is 0.772. The molecule has 0 saturated heterocycles. The molecule has 2 aromatic rings. The highest BCUT2D eigenvalue weighted by atomic mass is 32.2. The highest BCUT2D eigenvalue weighted by molar-refractivity contribution is 7.98. The van der Waals surface area contributed by atoms with Crippen LogP contribution in [0.15, 0.2) is 46.3 Å². The summed E-state index contributed by atoms with van der Waals surface area (Å²) in [5, 5.41) is 0.692. The van der Waals surface area contributed by atoms with Crippen LogP contribution < -0.4 is 10.5 Å². The summed E-state index contributed by atoms with van der Waals surface area (Å²) >= 11 is 1.46. The van der Waals surface area contributed by atoms with Crippen molar-refractivity contribution in [2.75, 3.05) is 25.3 Å². The van der Waals surface area contributed by atoms with Crippen LogP contribution in [0.4, 0.5) is 5.82 Å². The van der Waals surface area contributed by atoms with Crippen LogP contribution in [-0.4, -0.2) is 29.9 Å². The van der Waals surface area contributed by atoms with E-state index < -0.39 is 0 Å². The quantitative estimate of drug-likeness (QED) is 0.626. The van der Waals surface area contributed by atoms with Crippen LogP contribution in [-0.2, 0) is 0 Å². The topological polar surface area (TPSA) is 38.1 Å². The Morgan fingerprint density at radius 1 is 1.22 bits per heavy atom. The fourth-order valence-electron chi connectivity index (χ4n) is 1.63. The molecule has 0 atom stereocenters. The molecule has 0 spiro atoms. The first-order valence-corrected chi connectivity index (χ1v) is 6.77. The Hall–Kier alpha value is -1.75. The lowest BCUT2D eigenvalue weighted by Crippen LogP contribution is -2.24. The van der Waals surface area contributed by atoms with E-state index >= 15 is 0 Å². The maximum absolute atomic E-state index is 12.2. The predicted molar refractivity (Wildman–Crippen MR) is 75.9 cm³/mol. The van der Waals surface area contributed by atoms with Gasteiger partial charge in [-0.05, 0) is 18.4 Å². The van der Waals surface area contributed by atoms with E-state index in [2.05, 4.69) is 4.98 Å². The van der Waals surface area contributed by atoms with Gasteiger partial charge in [0, 0.05) is 20.2 Å². The molecule has 4 nitrogen and oxygen atoms in total. The van der Waals surface area contributed by atoms with Gasteiger partial charge in [0.25, 0.3) is 5.56 Å². The molecule has 0 amide bonds. The van der Waals surface area contributed by atoms with Crippen molar-refractivity contribution in [3.63, 3.8) is 0 Å². The zero-order valence-electron chi connectivity index (χ0n) is 10.6. The van der Waals surface area contributed by atoms with Gasteiger partial charge in [0.05, 0.1) is 5.69 Å². The highest BCUT2D eigenvalue weighted by Crippen LogP contribution is 2.17. The van der Waals surface area contributed by atoms with E-state index in [4.69, 9.17) is 0 Å². The standard InChI is InChI=1S/C13H15N3OS/c1-15(2)11-9-12(17)16(13(14-11)18-3)10-7-5-4-6-8-10/h4-9H,1-3H3. The molecule has 0 unspecified atom stereocenters. The van der Waals surface area contributed by atoms with E-state index in [0.717, 1.165) is 5.69 Å². The van der Waals surface area contributed by atoms with Gasteiger partial charge < -0.3 is 4.90 Å². The molecule has 1 heterocycles. The van der Waals surface area contributed by atoms with E-state index in [-0.39, 0.29) is 5.56 Å². The molecule has 0 aliphatic heterocycles. The molecule has 2 rings (SSSR count). The zero-order chi connectivity index (χ0) is 13.1. The maximum Gasteiger partial charge on any atom is 0.260 e. The number of benzene rings is 1. The normalized spacial score (nSPS) is 10.4. The van der Waals surface area contributed by atoms with Crippen molar-refractivity contribution in [1.29, 1.82) is 0 Å². The maximum atomic E-state index is 12.2. The van der Waals surface area contributed by atoms with Gasteiger partial charge >= 0.3 is 0 Å². The monoisotopic (exact) mass is 261 g/mol. The third-order valence-electron chi connectivity index (χ3n) is 2.53. The molecular weight excluding hydrogens is 246 g/mol. The Morgan fingerprint density at radius 3 is 2.44 bits per heavy atom. The third-order valence-corrected chi connectivity index (χ3v) is 3.17. The minimum absolute atomic E-state index is 0.0655. The molecule has 0 saturated carbocycles. The lowest BCUT2D eigenvalue weighted by Gasteiger charge is -2.15. The lowest BCUT2D eigenvalue weighted by molar-refractivity contribution is 0.789. The van der Waals surface area contributed by atoms with Gasteiger partial charge in [0.1, 0.15) is 5.82 Å². The summed E-state index contributed by atoms with van der Waals surface area (Å²) in [5.74, 6) is 0.677. The number of hydrogen-bond acceptors (Lipinski definition) is 4. The fraction of sp³-hybridized carbons (Fsp3) is 0.231. The molecule has 0 bridgehead atoms. The molecule has 0 fully saturated rings. The molecule has 5 heteroatoms. The van der Waals surface area contributed by atoms with Gasteiger partial charge in [-0.1, -0.05) is 30.0 Å². The molecule has 1 aromatic heterocycles. The van der Waals surface area contributed by atoms with Crippen molar-refractivity contribution >= 4 is 17.6 Å². The first-order chi connectivity index (χ1) is 8.63. The summed E-state index contributed by atoms with van der Waals surface area (Å²) < 4.78 is 1.62. The highest BCUT2D eigenvalue weighted by Gasteiger charge is 2.10. The Labute approximate surface area is 110 Å². The number of anilines is 1. The van der Waals surface area contributed by atoms with Crippen LogP contribution in [0.3, 0.4) is 0 Å². The molecule has 0 N–H and O–H groups in total. The van der Waals surface area contributed by atoms with Crippen LogP contribution in [0.1, 0.15) is 0 Å². The molecular formula is C13H15N3OS. The van der Waals surface area contributed by atoms with E-state index in [1.807, 2.05) is 55.6 Å². The van der Waals surface area contributed by atoms with Gasteiger partial charge in [-0.2, -0.15) is 0 Å². The summed E-state index contributed by atoms with van der Waals surface area (Å²) in [4.78, 5) is 18.5. The number of nitrogens with zero attached hydrogens (tertiary/aromatic N) is 3. The van der Waals surface area contributed by atoms with Crippen LogP contribution in [0.2, 0.25) is 0 Å². The van der Waals surface area contributed by atoms with Crippen molar-refractivity contribution in [1.82, 2.24) is 9.55 Å². The second-order valence-electron chi connectivity index (χ2n) is 4.00. The Balaban J connectivity index is 2.65. The second-order valence-corrected chi connectivity index (χ2v) is 4.78. The number of rotatable bonds is 3.